The lowest BCUT2D eigenvalue weighted by Crippen LogP contribution is -2.37. The van der Waals surface area contributed by atoms with Gasteiger partial charge in [0, 0.05) is 11.7 Å². The fraction of sp³-hybridized carbons (Fsp3) is 0.333. The zero-order valence-electron chi connectivity index (χ0n) is 20.3. The van der Waals surface area contributed by atoms with Gasteiger partial charge in [0.1, 0.15) is 4.70 Å². The molecule has 0 bridgehead atoms. The molecule has 0 radical (unpaired) electrons. The van der Waals surface area contributed by atoms with Crippen molar-refractivity contribution < 1.29 is 4.79 Å². The smallest absolute Gasteiger partial charge is 0.278 e. The SMILES string of the molecule is Cc1ccc(-n2c(=S)sc3c(=O)n(-c4ccccc4)c(SCC(=O)NC4CCCCC4)nc32)cc1C. The molecule has 1 aliphatic carbocycles. The predicted molar refractivity (Wildman–Crippen MR) is 151 cm³/mol. The molecule has 0 atom stereocenters. The minimum atomic E-state index is -0.180. The van der Waals surface area contributed by atoms with E-state index in [0.29, 0.717) is 25.1 Å². The van der Waals surface area contributed by atoms with E-state index in [2.05, 4.69) is 25.2 Å². The summed E-state index contributed by atoms with van der Waals surface area (Å²) in [5.74, 6) is 0.160. The molecule has 4 aromatic rings. The number of nitrogens with zero attached hydrogens (tertiary/aromatic N) is 3. The highest BCUT2D eigenvalue weighted by molar-refractivity contribution is 7.99. The molecule has 0 unspecified atom stereocenters. The van der Waals surface area contributed by atoms with Gasteiger partial charge in [-0.1, -0.05) is 66.6 Å². The van der Waals surface area contributed by atoms with E-state index < -0.39 is 0 Å². The van der Waals surface area contributed by atoms with Gasteiger partial charge in [0.2, 0.25) is 5.91 Å². The molecule has 5 rings (SSSR count). The Morgan fingerprint density at radius 2 is 1.81 bits per heavy atom. The number of aromatic nitrogens is 3. The molecule has 2 aromatic carbocycles. The number of rotatable bonds is 6. The molecule has 1 N–H and O–H groups in total. The molecule has 9 heteroatoms. The van der Waals surface area contributed by atoms with Crippen LogP contribution in [0.3, 0.4) is 0 Å². The second-order valence-electron chi connectivity index (χ2n) is 9.19. The summed E-state index contributed by atoms with van der Waals surface area (Å²) in [6.45, 7) is 4.12. The van der Waals surface area contributed by atoms with Crippen molar-refractivity contribution >= 4 is 51.6 Å². The van der Waals surface area contributed by atoms with Gasteiger partial charge in [-0.3, -0.25) is 18.7 Å². The van der Waals surface area contributed by atoms with E-state index in [9.17, 15) is 9.59 Å². The van der Waals surface area contributed by atoms with Gasteiger partial charge in [0.05, 0.1) is 11.4 Å². The van der Waals surface area contributed by atoms with Crippen molar-refractivity contribution in [3.05, 3.63) is 74.0 Å². The summed E-state index contributed by atoms with van der Waals surface area (Å²) in [6, 6.07) is 15.8. The summed E-state index contributed by atoms with van der Waals surface area (Å²) in [5, 5.41) is 3.63. The van der Waals surface area contributed by atoms with Crippen molar-refractivity contribution in [2.45, 2.75) is 57.1 Å². The maximum absolute atomic E-state index is 13.8. The Morgan fingerprint density at radius 1 is 1.06 bits per heavy atom. The number of benzene rings is 2. The van der Waals surface area contributed by atoms with E-state index in [4.69, 9.17) is 17.2 Å². The third-order valence-corrected chi connectivity index (χ3v) is 8.93. The molecule has 2 aromatic heterocycles. The zero-order chi connectivity index (χ0) is 25.2. The van der Waals surface area contributed by atoms with Gasteiger partial charge >= 0.3 is 0 Å². The molecule has 1 aliphatic rings. The average Bonchev–Trinajstić information content (AvgIpc) is 3.22. The summed E-state index contributed by atoms with van der Waals surface area (Å²) < 4.78 is 4.52. The predicted octanol–water partition coefficient (Wildman–Crippen LogP) is 6.13. The number of aryl methyl sites for hydroxylation is 2. The van der Waals surface area contributed by atoms with E-state index >= 15 is 0 Å². The standard InChI is InChI=1S/C27H28N4O2S3/c1-17-13-14-21(15-18(17)2)30-24-23(36-27(30)34)25(33)31(20-11-7-4-8-12-20)26(29-24)35-16-22(32)28-19-9-5-3-6-10-19/h4,7-8,11-15,19H,3,5-6,9-10,16H2,1-2H3,(H,28,32). The van der Waals surface area contributed by atoms with Gasteiger partial charge in [-0.15, -0.1) is 0 Å². The van der Waals surface area contributed by atoms with Crippen LogP contribution in [0.25, 0.3) is 21.7 Å². The number of thiazole rings is 1. The molecule has 1 fully saturated rings. The molecule has 6 nitrogen and oxygen atoms in total. The summed E-state index contributed by atoms with van der Waals surface area (Å²) in [5.41, 5.74) is 4.26. The van der Waals surface area contributed by atoms with Gasteiger partial charge in [0.15, 0.2) is 14.8 Å². The third kappa shape index (κ3) is 5.05. The van der Waals surface area contributed by atoms with Gasteiger partial charge in [0.25, 0.3) is 5.56 Å². The normalized spacial score (nSPS) is 14.3. The Kier molecular flexibility index (Phi) is 7.41. The lowest BCUT2D eigenvalue weighted by atomic mass is 9.95. The maximum atomic E-state index is 13.8. The summed E-state index contributed by atoms with van der Waals surface area (Å²) in [7, 11) is 0. The number of carbonyl (C=O) groups is 1. The third-order valence-electron chi connectivity index (χ3n) is 6.64. The summed E-state index contributed by atoms with van der Waals surface area (Å²) in [4.78, 5) is 31.5. The molecular weight excluding hydrogens is 509 g/mol. The number of nitrogens with one attached hydrogen (secondary N) is 1. The zero-order valence-corrected chi connectivity index (χ0v) is 22.8. The quantitative estimate of drug-likeness (QED) is 0.183. The van der Waals surface area contributed by atoms with Crippen LogP contribution in [0.4, 0.5) is 0 Å². The Hall–Kier alpha value is -2.75. The van der Waals surface area contributed by atoms with Crippen LogP contribution < -0.4 is 10.9 Å². The first-order chi connectivity index (χ1) is 17.4. The molecule has 2 heterocycles. The first kappa shape index (κ1) is 24.9. The van der Waals surface area contributed by atoms with Gasteiger partial charge < -0.3 is 5.32 Å². The highest BCUT2D eigenvalue weighted by Gasteiger charge is 2.21. The van der Waals surface area contributed by atoms with Crippen LogP contribution in [0.1, 0.15) is 43.2 Å². The van der Waals surface area contributed by atoms with Crippen LogP contribution in [0.2, 0.25) is 0 Å². The second-order valence-corrected chi connectivity index (χ2v) is 11.8. The molecule has 0 aliphatic heterocycles. The number of para-hydroxylation sites is 1. The van der Waals surface area contributed by atoms with Crippen molar-refractivity contribution in [2.24, 2.45) is 0 Å². The van der Waals surface area contributed by atoms with Crippen LogP contribution in [0.15, 0.2) is 58.5 Å². The van der Waals surface area contributed by atoms with Gasteiger partial charge in [-0.05, 0) is 74.3 Å². The fourth-order valence-corrected chi connectivity index (χ4v) is 6.69. The monoisotopic (exact) mass is 536 g/mol. The van der Waals surface area contributed by atoms with Gasteiger partial charge in [-0.25, -0.2) is 4.98 Å². The first-order valence-corrected chi connectivity index (χ1v) is 14.4. The average molecular weight is 537 g/mol. The largest absolute Gasteiger partial charge is 0.353 e. The second kappa shape index (κ2) is 10.7. The van der Waals surface area contributed by atoms with Crippen molar-refractivity contribution in [3.63, 3.8) is 0 Å². The van der Waals surface area contributed by atoms with Crippen molar-refractivity contribution in [1.29, 1.82) is 0 Å². The van der Waals surface area contributed by atoms with Crippen molar-refractivity contribution in [3.8, 4) is 11.4 Å². The topological polar surface area (TPSA) is 68.9 Å². The molecule has 0 saturated heterocycles. The Bertz CT molecular complexity index is 1530. The number of hydrogen-bond acceptors (Lipinski definition) is 6. The summed E-state index contributed by atoms with van der Waals surface area (Å²) >= 11 is 8.25. The van der Waals surface area contributed by atoms with Crippen LogP contribution in [0.5, 0.6) is 0 Å². The van der Waals surface area contributed by atoms with E-state index in [1.165, 1.54) is 35.1 Å². The van der Waals surface area contributed by atoms with Crippen LogP contribution >= 0.6 is 35.3 Å². The van der Waals surface area contributed by atoms with E-state index in [1.54, 1.807) is 4.57 Å². The number of carbonyl (C=O) groups excluding carboxylic acids is 1. The van der Waals surface area contributed by atoms with Crippen LogP contribution in [-0.2, 0) is 4.79 Å². The van der Waals surface area contributed by atoms with E-state index in [-0.39, 0.29) is 23.3 Å². The molecule has 36 heavy (non-hydrogen) atoms. The van der Waals surface area contributed by atoms with Gasteiger partial charge in [-0.2, -0.15) is 0 Å². The molecule has 186 valence electrons. The number of amides is 1. The molecule has 1 saturated carbocycles. The van der Waals surface area contributed by atoms with E-state index in [1.807, 2.05) is 47.0 Å². The molecular formula is C27H28N4O2S3. The minimum Gasteiger partial charge on any atom is -0.353 e. The Morgan fingerprint density at radius 3 is 2.53 bits per heavy atom. The van der Waals surface area contributed by atoms with Crippen LogP contribution in [0, 0.1) is 17.8 Å². The van der Waals surface area contributed by atoms with Crippen molar-refractivity contribution in [1.82, 2.24) is 19.4 Å². The van der Waals surface area contributed by atoms with Crippen molar-refractivity contribution in [2.75, 3.05) is 5.75 Å². The highest BCUT2D eigenvalue weighted by atomic mass is 32.2. The Balaban J connectivity index is 1.58. The first-order valence-electron chi connectivity index (χ1n) is 12.2. The van der Waals surface area contributed by atoms with Crippen LogP contribution in [-0.4, -0.2) is 31.8 Å². The highest BCUT2D eigenvalue weighted by Crippen LogP contribution is 2.28. The van der Waals surface area contributed by atoms with E-state index in [0.717, 1.165) is 36.9 Å². The fourth-order valence-electron chi connectivity index (χ4n) is 4.58. The number of thioether (sulfide) groups is 1. The number of fused-ring (bicyclic) bond motifs is 1. The lowest BCUT2D eigenvalue weighted by Gasteiger charge is -2.22. The minimum absolute atomic E-state index is 0.0304. The molecule has 1 amide bonds. The maximum Gasteiger partial charge on any atom is 0.278 e. The lowest BCUT2D eigenvalue weighted by molar-refractivity contribution is -0.119. The molecule has 0 spiro atoms. The number of hydrogen-bond donors (Lipinski definition) is 1. The summed E-state index contributed by atoms with van der Waals surface area (Å²) in [6.07, 6.45) is 5.61. The Labute approximate surface area is 223 Å².